The van der Waals surface area contributed by atoms with Gasteiger partial charge in [-0.25, -0.2) is 0 Å². The summed E-state index contributed by atoms with van der Waals surface area (Å²) in [5.74, 6) is 0.597. The average Bonchev–Trinajstić information content (AvgIpc) is 2.35. The Balaban J connectivity index is 2.95. The molecule has 1 aromatic rings. The molecule has 3 nitrogen and oxygen atoms in total. The number of methoxy groups -OCH3 is 1. The Hall–Kier alpha value is -1.35. The van der Waals surface area contributed by atoms with Crippen LogP contribution in [0.15, 0.2) is 12.1 Å². The SMILES string of the molecule is CCCCc1ccc(OCOC)c(C=O)c1C. The van der Waals surface area contributed by atoms with E-state index in [4.69, 9.17) is 9.47 Å². The highest BCUT2D eigenvalue weighted by Gasteiger charge is 2.10. The molecule has 17 heavy (non-hydrogen) atoms. The lowest BCUT2D eigenvalue weighted by molar-refractivity contribution is 0.0505. The van der Waals surface area contributed by atoms with Gasteiger partial charge in [-0.05, 0) is 37.0 Å². The van der Waals surface area contributed by atoms with Crippen LogP contribution in [0, 0.1) is 6.92 Å². The first-order valence-electron chi connectivity index (χ1n) is 5.94. The second-order valence-electron chi connectivity index (χ2n) is 4.03. The molecule has 1 rings (SSSR count). The summed E-state index contributed by atoms with van der Waals surface area (Å²) in [5, 5.41) is 0. The third-order valence-corrected chi connectivity index (χ3v) is 2.84. The van der Waals surface area contributed by atoms with Gasteiger partial charge < -0.3 is 9.47 Å². The van der Waals surface area contributed by atoms with Gasteiger partial charge in [0.05, 0.1) is 5.56 Å². The number of benzene rings is 1. The fraction of sp³-hybridized carbons (Fsp3) is 0.500. The molecule has 0 amide bonds. The summed E-state index contributed by atoms with van der Waals surface area (Å²) in [6.07, 6.45) is 4.15. The summed E-state index contributed by atoms with van der Waals surface area (Å²) in [6.45, 7) is 4.29. The van der Waals surface area contributed by atoms with Crippen molar-refractivity contribution >= 4 is 6.29 Å². The number of hydrogen-bond donors (Lipinski definition) is 0. The highest BCUT2D eigenvalue weighted by molar-refractivity contribution is 5.82. The van der Waals surface area contributed by atoms with Crippen LogP contribution in [0.5, 0.6) is 5.75 Å². The molecule has 0 aliphatic rings. The maximum Gasteiger partial charge on any atom is 0.188 e. The molecular formula is C14H20O3. The van der Waals surface area contributed by atoms with Gasteiger partial charge >= 0.3 is 0 Å². The third-order valence-electron chi connectivity index (χ3n) is 2.84. The number of aryl methyl sites for hydroxylation is 1. The van der Waals surface area contributed by atoms with E-state index in [-0.39, 0.29) is 6.79 Å². The van der Waals surface area contributed by atoms with Gasteiger partial charge in [-0.15, -0.1) is 0 Å². The summed E-state index contributed by atoms with van der Waals surface area (Å²) >= 11 is 0. The summed E-state index contributed by atoms with van der Waals surface area (Å²) in [5.41, 5.74) is 2.87. The molecule has 0 spiro atoms. The molecule has 0 saturated heterocycles. The molecule has 0 heterocycles. The van der Waals surface area contributed by atoms with Crippen molar-refractivity contribution in [3.8, 4) is 5.75 Å². The Morgan fingerprint density at radius 1 is 1.35 bits per heavy atom. The first-order chi connectivity index (χ1) is 8.24. The fourth-order valence-corrected chi connectivity index (χ4v) is 1.78. The van der Waals surface area contributed by atoms with E-state index in [1.54, 1.807) is 7.11 Å². The Morgan fingerprint density at radius 3 is 2.71 bits per heavy atom. The predicted octanol–water partition coefficient (Wildman–Crippen LogP) is 3.13. The Kier molecular flexibility index (Phi) is 5.70. The Bertz CT molecular complexity index is 372. The second-order valence-corrected chi connectivity index (χ2v) is 4.03. The van der Waals surface area contributed by atoms with E-state index in [2.05, 4.69) is 6.92 Å². The monoisotopic (exact) mass is 236 g/mol. The molecule has 0 saturated carbocycles. The van der Waals surface area contributed by atoms with E-state index in [1.807, 2.05) is 19.1 Å². The van der Waals surface area contributed by atoms with Crippen molar-refractivity contribution in [2.45, 2.75) is 33.1 Å². The van der Waals surface area contributed by atoms with Gasteiger partial charge in [0.25, 0.3) is 0 Å². The first kappa shape index (κ1) is 13.7. The lowest BCUT2D eigenvalue weighted by atomic mass is 9.98. The highest BCUT2D eigenvalue weighted by atomic mass is 16.7. The Morgan fingerprint density at radius 2 is 2.12 bits per heavy atom. The zero-order valence-corrected chi connectivity index (χ0v) is 10.8. The van der Waals surface area contributed by atoms with Crippen molar-refractivity contribution in [2.24, 2.45) is 0 Å². The van der Waals surface area contributed by atoms with Crippen LogP contribution in [-0.2, 0) is 11.2 Å². The number of rotatable bonds is 7. The molecule has 94 valence electrons. The summed E-state index contributed by atoms with van der Waals surface area (Å²) in [7, 11) is 1.56. The van der Waals surface area contributed by atoms with E-state index in [0.29, 0.717) is 11.3 Å². The van der Waals surface area contributed by atoms with Gasteiger partial charge in [0.15, 0.2) is 13.1 Å². The summed E-state index contributed by atoms with van der Waals surface area (Å²) in [6, 6.07) is 3.88. The van der Waals surface area contributed by atoms with Gasteiger partial charge in [-0.2, -0.15) is 0 Å². The molecule has 0 N–H and O–H groups in total. The molecule has 3 heteroatoms. The van der Waals surface area contributed by atoms with Crippen LogP contribution in [0.1, 0.15) is 41.3 Å². The van der Waals surface area contributed by atoms with Crippen molar-refractivity contribution in [3.63, 3.8) is 0 Å². The number of unbranched alkanes of at least 4 members (excludes halogenated alkanes) is 1. The molecule has 1 aromatic carbocycles. The second kappa shape index (κ2) is 7.07. The third kappa shape index (κ3) is 3.56. The maximum absolute atomic E-state index is 11.1. The van der Waals surface area contributed by atoms with Crippen LogP contribution in [0.4, 0.5) is 0 Å². The van der Waals surface area contributed by atoms with E-state index in [9.17, 15) is 4.79 Å². The highest BCUT2D eigenvalue weighted by Crippen LogP contribution is 2.24. The van der Waals surface area contributed by atoms with Gasteiger partial charge in [0, 0.05) is 7.11 Å². The minimum absolute atomic E-state index is 0.161. The van der Waals surface area contributed by atoms with Crippen LogP contribution in [0.2, 0.25) is 0 Å². The lowest BCUT2D eigenvalue weighted by Gasteiger charge is -2.13. The van der Waals surface area contributed by atoms with Crippen molar-refractivity contribution in [1.29, 1.82) is 0 Å². The minimum atomic E-state index is 0.161. The molecular weight excluding hydrogens is 216 g/mol. The lowest BCUT2D eigenvalue weighted by Crippen LogP contribution is -2.04. The molecule has 0 bridgehead atoms. The molecule has 0 fully saturated rings. The van der Waals surface area contributed by atoms with Gasteiger partial charge in [-0.1, -0.05) is 19.4 Å². The van der Waals surface area contributed by atoms with Crippen molar-refractivity contribution in [1.82, 2.24) is 0 Å². The first-order valence-corrected chi connectivity index (χ1v) is 5.94. The van der Waals surface area contributed by atoms with Gasteiger partial charge in [-0.3, -0.25) is 4.79 Å². The summed E-state index contributed by atoms with van der Waals surface area (Å²) in [4.78, 5) is 11.1. The van der Waals surface area contributed by atoms with Crippen LogP contribution in [0.3, 0.4) is 0 Å². The normalized spacial score (nSPS) is 10.3. The molecule has 0 aliphatic heterocycles. The number of ether oxygens (including phenoxy) is 2. The zero-order valence-electron chi connectivity index (χ0n) is 10.8. The van der Waals surface area contributed by atoms with E-state index in [0.717, 1.165) is 31.1 Å². The molecule has 0 aromatic heterocycles. The number of carbonyl (C=O) groups excluding carboxylic acids is 1. The maximum atomic E-state index is 11.1. The topological polar surface area (TPSA) is 35.5 Å². The van der Waals surface area contributed by atoms with Crippen molar-refractivity contribution in [2.75, 3.05) is 13.9 Å². The summed E-state index contributed by atoms with van der Waals surface area (Å²) < 4.78 is 10.2. The van der Waals surface area contributed by atoms with Crippen LogP contribution in [-0.4, -0.2) is 20.2 Å². The number of carbonyl (C=O) groups is 1. The molecule has 0 unspecified atom stereocenters. The number of hydrogen-bond acceptors (Lipinski definition) is 3. The predicted molar refractivity (Wildman–Crippen MR) is 67.7 cm³/mol. The van der Waals surface area contributed by atoms with E-state index < -0.39 is 0 Å². The van der Waals surface area contributed by atoms with Gasteiger partial charge in [0.2, 0.25) is 0 Å². The number of aldehydes is 1. The van der Waals surface area contributed by atoms with Crippen LogP contribution < -0.4 is 4.74 Å². The van der Waals surface area contributed by atoms with Crippen molar-refractivity contribution < 1.29 is 14.3 Å². The molecule has 0 aliphatic carbocycles. The molecule has 0 atom stereocenters. The largest absolute Gasteiger partial charge is 0.467 e. The molecule has 0 radical (unpaired) electrons. The van der Waals surface area contributed by atoms with Crippen LogP contribution in [0.25, 0.3) is 0 Å². The minimum Gasteiger partial charge on any atom is -0.467 e. The Labute approximate surface area is 103 Å². The standard InChI is InChI=1S/C14H20O3/c1-4-5-6-12-7-8-14(17-10-16-3)13(9-15)11(12)2/h7-9H,4-6,10H2,1-3H3. The van der Waals surface area contributed by atoms with E-state index >= 15 is 0 Å². The zero-order chi connectivity index (χ0) is 12.7. The fourth-order valence-electron chi connectivity index (χ4n) is 1.78. The van der Waals surface area contributed by atoms with E-state index in [1.165, 1.54) is 5.56 Å². The van der Waals surface area contributed by atoms with Gasteiger partial charge in [0.1, 0.15) is 5.75 Å². The van der Waals surface area contributed by atoms with Crippen LogP contribution >= 0.6 is 0 Å². The quantitative estimate of drug-likeness (QED) is 0.539. The van der Waals surface area contributed by atoms with Crippen molar-refractivity contribution in [3.05, 3.63) is 28.8 Å². The average molecular weight is 236 g/mol. The smallest absolute Gasteiger partial charge is 0.188 e.